The minimum absolute atomic E-state index is 0.306. The summed E-state index contributed by atoms with van der Waals surface area (Å²) < 4.78 is 18.5. The third kappa shape index (κ3) is 4.60. The van der Waals surface area contributed by atoms with Crippen LogP contribution >= 0.6 is 0 Å². The first-order valence-corrected chi connectivity index (χ1v) is 13.5. The van der Waals surface area contributed by atoms with Gasteiger partial charge in [0, 0.05) is 42.1 Å². The summed E-state index contributed by atoms with van der Waals surface area (Å²) in [6.45, 7) is 5.06. The SMILES string of the molecule is COc1ccc(CNc2nc3c(OC)cccc3c3nc([C@@H]4CCCN([C@@H](C)C5CC5)C4)nn23)c(OC)c1. The van der Waals surface area contributed by atoms with E-state index in [1.165, 1.54) is 25.8 Å². The molecular formula is C29H36N6O3. The maximum Gasteiger partial charge on any atom is 0.226 e. The van der Waals surface area contributed by atoms with Crippen LogP contribution in [0.5, 0.6) is 17.2 Å². The average molecular weight is 517 g/mol. The van der Waals surface area contributed by atoms with Crippen LogP contribution in [0.15, 0.2) is 36.4 Å². The van der Waals surface area contributed by atoms with E-state index in [-0.39, 0.29) is 0 Å². The van der Waals surface area contributed by atoms with E-state index in [1.807, 2.05) is 40.9 Å². The molecule has 1 aliphatic carbocycles. The van der Waals surface area contributed by atoms with Crippen LogP contribution in [0.25, 0.3) is 16.6 Å². The Morgan fingerprint density at radius 3 is 2.61 bits per heavy atom. The van der Waals surface area contributed by atoms with Crippen LogP contribution in [0.3, 0.4) is 0 Å². The van der Waals surface area contributed by atoms with Crippen LogP contribution < -0.4 is 19.5 Å². The van der Waals surface area contributed by atoms with Crippen molar-refractivity contribution in [3.8, 4) is 17.2 Å². The Bertz CT molecular complexity index is 1450. The molecule has 200 valence electrons. The van der Waals surface area contributed by atoms with Crippen molar-refractivity contribution in [1.29, 1.82) is 0 Å². The van der Waals surface area contributed by atoms with Gasteiger partial charge in [-0.3, -0.25) is 4.90 Å². The van der Waals surface area contributed by atoms with E-state index in [0.717, 1.165) is 58.3 Å². The maximum absolute atomic E-state index is 5.66. The fourth-order valence-electron chi connectivity index (χ4n) is 5.71. The molecule has 0 radical (unpaired) electrons. The monoisotopic (exact) mass is 516 g/mol. The first kappa shape index (κ1) is 24.7. The number of methoxy groups -OCH3 is 3. The van der Waals surface area contributed by atoms with E-state index in [4.69, 9.17) is 29.3 Å². The molecule has 1 aliphatic heterocycles. The molecule has 1 N–H and O–H groups in total. The summed E-state index contributed by atoms with van der Waals surface area (Å²) in [6, 6.07) is 12.4. The van der Waals surface area contributed by atoms with Gasteiger partial charge >= 0.3 is 0 Å². The lowest BCUT2D eigenvalue weighted by Gasteiger charge is -2.36. The van der Waals surface area contributed by atoms with E-state index >= 15 is 0 Å². The second kappa shape index (κ2) is 10.3. The van der Waals surface area contributed by atoms with Crippen LogP contribution in [0.2, 0.25) is 0 Å². The van der Waals surface area contributed by atoms with Gasteiger partial charge in [0.1, 0.15) is 22.8 Å². The highest BCUT2D eigenvalue weighted by Gasteiger charge is 2.35. The fraction of sp³-hybridized carbons (Fsp3) is 0.483. The summed E-state index contributed by atoms with van der Waals surface area (Å²) in [5, 5.41) is 9.45. The highest BCUT2D eigenvalue weighted by Crippen LogP contribution is 2.38. The lowest BCUT2D eigenvalue weighted by molar-refractivity contribution is 0.141. The zero-order chi connectivity index (χ0) is 26.2. The van der Waals surface area contributed by atoms with Gasteiger partial charge < -0.3 is 19.5 Å². The van der Waals surface area contributed by atoms with Crippen molar-refractivity contribution >= 4 is 22.5 Å². The Morgan fingerprint density at radius 1 is 1.00 bits per heavy atom. The highest BCUT2D eigenvalue weighted by atomic mass is 16.5. The molecule has 0 bridgehead atoms. The molecule has 0 spiro atoms. The molecule has 38 heavy (non-hydrogen) atoms. The zero-order valence-electron chi connectivity index (χ0n) is 22.6. The smallest absolute Gasteiger partial charge is 0.226 e. The Morgan fingerprint density at radius 2 is 1.84 bits per heavy atom. The van der Waals surface area contributed by atoms with Gasteiger partial charge in [0.2, 0.25) is 5.95 Å². The molecule has 9 heteroatoms. The molecule has 0 unspecified atom stereocenters. The number of rotatable bonds is 9. The van der Waals surface area contributed by atoms with E-state index < -0.39 is 0 Å². The third-order valence-corrected chi connectivity index (χ3v) is 8.13. The van der Waals surface area contributed by atoms with Crippen molar-refractivity contribution in [2.24, 2.45) is 5.92 Å². The number of ether oxygens (including phenoxy) is 3. The van der Waals surface area contributed by atoms with Gasteiger partial charge in [0.15, 0.2) is 11.5 Å². The van der Waals surface area contributed by atoms with Gasteiger partial charge in [-0.25, -0.2) is 9.97 Å². The van der Waals surface area contributed by atoms with Crippen LogP contribution in [-0.2, 0) is 6.54 Å². The number of anilines is 1. The van der Waals surface area contributed by atoms with E-state index in [2.05, 4.69) is 17.1 Å². The van der Waals surface area contributed by atoms with Gasteiger partial charge in [-0.1, -0.05) is 6.07 Å². The van der Waals surface area contributed by atoms with Gasteiger partial charge in [0.05, 0.1) is 21.3 Å². The summed E-state index contributed by atoms with van der Waals surface area (Å²) in [6.07, 6.45) is 5.00. The molecule has 1 saturated heterocycles. The molecule has 1 saturated carbocycles. The van der Waals surface area contributed by atoms with Gasteiger partial charge in [-0.2, -0.15) is 4.52 Å². The van der Waals surface area contributed by atoms with E-state index in [9.17, 15) is 0 Å². The van der Waals surface area contributed by atoms with Gasteiger partial charge in [-0.15, -0.1) is 5.10 Å². The van der Waals surface area contributed by atoms with Crippen LogP contribution in [-0.4, -0.2) is 64.9 Å². The molecule has 2 fully saturated rings. The molecular weight excluding hydrogens is 480 g/mol. The van der Waals surface area contributed by atoms with Crippen LogP contribution in [0, 0.1) is 5.92 Å². The predicted octanol–water partition coefficient (Wildman–Crippen LogP) is 4.89. The number of para-hydroxylation sites is 1. The highest BCUT2D eigenvalue weighted by molar-refractivity contribution is 5.96. The first-order chi connectivity index (χ1) is 18.6. The molecule has 0 amide bonds. The summed E-state index contributed by atoms with van der Waals surface area (Å²) in [5.41, 5.74) is 2.54. The number of piperidine rings is 1. The first-order valence-electron chi connectivity index (χ1n) is 13.5. The summed E-state index contributed by atoms with van der Waals surface area (Å²) in [4.78, 5) is 12.7. The second-order valence-electron chi connectivity index (χ2n) is 10.4. The number of hydrogen-bond donors (Lipinski definition) is 1. The minimum atomic E-state index is 0.306. The van der Waals surface area contributed by atoms with Crippen molar-refractivity contribution in [3.63, 3.8) is 0 Å². The standard InChI is InChI=1S/C29H36N6O3/c1-18(19-10-11-19)34-14-6-7-21(17-34)27-32-28-23-8-5-9-24(37-3)26(23)31-29(35(28)33-27)30-16-20-12-13-22(36-2)15-25(20)38-4/h5,8-9,12-13,15,18-19,21H,6-7,10-11,14,16-17H2,1-4H3,(H,30,31)/t18-,21+/m0/s1. The van der Waals surface area contributed by atoms with Crippen LogP contribution in [0.4, 0.5) is 5.95 Å². The van der Waals surface area contributed by atoms with Crippen molar-refractivity contribution in [3.05, 3.63) is 47.8 Å². The molecule has 2 aliphatic rings. The lowest BCUT2D eigenvalue weighted by atomic mass is 9.95. The average Bonchev–Trinajstić information content (AvgIpc) is 3.72. The van der Waals surface area contributed by atoms with E-state index in [0.29, 0.717) is 30.2 Å². The molecule has 2 aromatic heterocycles. The Balaban J connectivity index is 1.37. The van der Waals surface area contributed by atoms with Crippen molar-refractivity contribution < 1.29 is 14.2 Å². The number of likely N-dealkylation sites (tertiary alicyclic amines) is 1. The van der Waals surface area contributed by atoms with Crippen molar-refractivity contribution in [2.45, 2.75) is 51.1 Å². The Labute approximate surface area is 223 Å². The van der Waals surface area contributed by atoms with E-state index in [1.54, 1.807) is 21.3 Å². The molecule has 9 nitrogen and oxygen atoms in total. The topological polar surface area (TPSA) is 86.0 Å². The number of nitrogens with one attached hydrogen (secondary N) is 1. The van der Waals surface area contributed by atoms with Gasteiger partial charge in [0.25, 0.3) is 0 Å². The largest absolute Gasteiger partial charge is 0.497 e. The fourth-order valence-corrected chi connectivity index (χ4v) is 5.71. The second-order valence-corrected chi connectivity index (χ2v) is 10.4. The Hall–Kier alpha value is -3.59. The summed E-state index contributed by atoms with van der Waals surface area (Å²) in [5.74, 6) is 4.88. The number of benzene rings is 2. The number of nitrogens with zero attached hydrogens (tertiary/aromatic N) is 5. The lowest BCUT2D eigenvalue weighted by Crippen LogP contribution is -2.41. The predicted molar refractivity (Wildman–Crippen MR) is 147 cm³/mol. The zero-order valence-corrected chi connectivity index (χ0v) is 22.6. The molecule has 2 aromatic carbocycles. The molecule has 6 rings (SSSR count). The Kier molecular flexibility index (Phi) is 6.69. The number of aromatic nitrogens is 4. The van der Waals surface area contributed by atoms with Gasteiger partial charge in [-0.05, 0) is 69.3 Å². The third-order valence-electron chi connectivity index (χ3n) is 8.13. The number of hydrogen-bond acceptors (Lipinski definition) is 8. The normalized spacial score (nSPS) is 19.0. The van der Waals surface area contributed by atoms with Crippen LogP contribution in [0.1, 0.15) is 49.9 Å². The van der Waals surface area contributed by atoms with Crippen molar-refractivity contribution in [1.82, 2.24) is 24.5 Å². The maximum atomic E-state index is 5.66. The minimum Gasteiger partial charge on any atom is -0.497 e. The summed E-state index contributed by atoms with van der Waals surface area (Å²) in [7, 11) is 4.98. The quantitative estimate of drug-likeness (QED) is 0.336. The summed E-state index contributed by atoms with van der Waals surface area (Å²) >= 11 is 0. The molecule has 4 aromatic rings. The number of fused-ring (bicyclic) bond motifs is 3. The molecule has 2 atom stereocenters. The van der Waals surface area contributed by atoms with Crippen molar-refractivity contribution in [2.75, 3.05) is 39.7 Å². The molecule has 3 heterocycles.